The molecule has 3 aromatic rings. The molecule has 0 spiro atoms. The van der Waals surface area contributed by atoms with Crippen LogP contribution >= 0.6 is 39.1 Å². The highest BCUT2D eigenvalue weighted by Gasteiger charge is 2.15. The summed E-state index contributed by atoms with van der Waals surface area (Å²) in [6.07, 6.45) is 1.86. The highest BCUT2D eigenvalue weighted by molar-refractivity contribution is 9.10. The molecule has 1 atom stereocenters. The van der Waals surface area contributed by atoms with Crippen molar-refractivity contribution in [2.45, 2.75) is 13.0 Å². The van der Waals surface area contributed by atoms with E-state index in [1.807, 2.05) is 35.1 Å². The molecule has 3 rings (SSSR count). The van der Waals surface area contributed by atoms with Gasteiger partial charge in [-0.25, -0.2) is 0 Å². The fourth-order valence-corrected chi connectivity index (χ4v) is 3.21. The van der Waals surface area contributed by atoms with Crippen molar-refractivity contribution < 1.29 is 0 Å². The van der Waals surface area contributed by atoms with Gasteiger partial charge in [-0.1, -0.05) is 51.3 Å². The summed E-state index contributed by atoms with van der Waals surface area (Å²) in [5.74, 6) is 0. The number of nitrogens with zero attached hydrogens (tertiary/aromatic N) is 2. The van der Waals surface area contributed by atoms with Crippen LogP contribution in [0, 0.1) is 0 Å². The summed E-state index contributed by atoms with van der Waals surface area (Å²) in [5, 5.41) is 6.88. The van der Waals surface area contributed by atoms with Crippen LogP contribution in [-0.2, 0) is 0 Å². The summed E-state index contributed by atoms with van der Waals surface area (Å²) in [4.78, 5) is 0. The lowest BCUT2D eigenvalue weighted by Crippen LogP contribution is -2.08. The van der Waals surface area contributed by atoms with Crippen LogP contribution in [0.4, 0.5) is 0 Å². The molecule has 0 aliphatic heterocycles. The van der Waals surface area contributed by atoms with Crippen LogP contribution in [0.2, 0.25) is 10.0 Å². The van der Waals surface area contributed by atoms with Crippen molar-refractivity contribution in [3.05, 3.63) is 62.7 Å². The first kappa shape index (κ1) is 13.9. The average Bonchev–Trinajstić information content (AvgIpc) is 2.81. The van der Waals surface area contributed by atoms with Gasteiger partial charge in [-0.15, -0.1) is 0 Å². The number of fused-ring (bicyclic) bond motifs is 1. The quantitative estimate of drug-likeness (QED) is 0.565. The standard InChI is InChI=1S/C15H11BrCl2N2/c1-9(13-5-4-12(17)7-14(13)18)20-15-6-11(16)3-2-10(15)8-19-20/h2-9H,1H3. The maximum Gasteiger partial charge on any atom is 0.0761 e. The summed E-state index contributed by atoms with van der Waals surface area (Å²) >= 11 is 15.7. The van der Waals surface area contributed by atoms with Gasteiger partial charge in [0.15, 0.2) is 0 Å². The molecule has 0 bridgehead atoms. The van der Waals surface area contributed by atoms with E-state index >= 15 is 0 Å². The van der Waals surface area contributed by atoms with Gasteiger partial charge in [-0.05, 0) is 36.8 Å². The maximum atomic E-state index is 6.29. The van der Waals surface area contributed by atoms with Crippen molar-refractivity contribution in [3.63, 3.8) is 0 Å². The largest absolute Gasteiger partial charge is 0.258 e. The summed E-state index contributed by atoms with van der Waals surface area (Å²) in [6, 6.07) is 11.7. The SMILES string of the molecule is CC(c1ccc(Cl)cc1Cl)n1ncc2ccc(Br)cc21. The highest BCUT2D eigenvalue weighted by Crippen LogP contribution is 2.31. The second-order valence-corrected chi connectivity index (χ2v) is 6.39. The normalized spacial score (nSPS) is 12.8. The van der Waals surface area contributed by atoms with Gasteiger partial charge in [-0.2, -0.15) is 5.10 Å². The summed E-state index contributed by atoms with van der Waals surface area (Å²) in [7, 11) is 0. The molecule has 0 aliphatic carbocycles. The van der Waals surface area contributed by atoms with E-state index in [4.69, 9.17) is 23.2 Å². The van der Waals surface area contributed by atoms with Crippen LogP contribution < -0.4 is 0 Å². The molecule has 5 heteroatoms. The summed E-state index contributed by atoms with van der Waals surface area (Å²) in [6.45, 7) is 2.07. The molecule has 2 nitrogen and oxygen atoms in total. The number of hydrogen-bond acceptors (Lipinski definition) is 1. The van der Waals surface area contributed by atoms with Crippen molar-refractivity contribution in [1.29, 1.82) is 0 Å². The van der Waals surface area contributed by atoms with Gasteiger partial charge >= 0.3 is 0 Å². The van der Waals surface area contributed by atoms with Crippen molar-refractivity contribution in [2.24, 2.45) is 0 Å². The van der Waals surface area contributed by atoms with Gasteiger partial charge in [0.2, 0.25) is 0 Å². The lowest BCUT2D eigenvalue weighted by Gasteiger charge is -2.16. The van der Waals surface area contributed by atoms with Crippen molar-refractivity contribution in [2.75, 3.05) is 0 Å². The maximum absolute atomic E-state index is 6.29. The monoisotopic (exact) mass is 368 g/mol. The van der Waals surface area contributed by atoms with E-state index < -0.39 is 0 Å². The minimum Gasteiger partial charge on any atom is -0.258 e. The number of hydrogen-bond donors (Lipinski definition) is 0. The lowest BCUT2D eigenvalue weighted by atomic mass is 10.1. The third kappa shape index (κ3) is 2.46. The smallest absolute Gasteiger partial charge is 0.0761 e. The Kier molecular flexibility index (Phi) is 3.76. The molecule has 0 amide bonds. The Morgan fingerprint density at radius 2 is 1.95 bits per heavy atom. The van der Waals surface area contributed by atoms with Gasteiger partial charge in [0.05, 0.1) is 17.8 Å². The summed E-state index contributed by atoms with van der Waals surface area (Å²) < 4.78 is 3.00. The Morgan fingerprint density at radius 1 is 1.15 bits per heavy atom. The molecule has 102 valence electrons. The fraction of sp³-hybridized carbons (Fsp3) is 0.133. The molecule has 20 heavy (non-hydrogen) atoms. The van der Waals surface area contributed by atoms with Crippen LogP contribution in [0.3, 0.4) is 0 Å². The highest BCUT2D eigenvalue weighted by atomic mass is 79.9. The fourth-order valence-electron chi connectivity index (χ4n) is 2.29. The second-order valence-electron chi connectivity index (χ2n) is 4.63. The predicted octanol–water partition coefficient (Wildman–Crippen LogP) is 5.71. The predicted molar refractivity (Wildman–Crippen MR) is 87.7 cm³/mol. The first-order chi connectivity index (χ1) is 9.56. The molecule has 2 aromatic carbocycles. The average molecular weight is 370 g/mol. The molecule has 1 aromatic heterocycles. The Morgan fingerprint density at radius 3 is 2.70 bits per heavy atom. The molecular weight excluding hydrogens is 359 g/mol. The third-order valence-corrected chi connectivity index (χ3v) is 4.40. The summed E-state index contributed by atoms with van der Waals surface area (Å²) in [5.41, 5.74) is 2.07. The van der Waals surface area contributed by atoms with E-state index in [0.29, 0.717) is 10.0 Å². The molecule has 0 aliphatic rings. The zero-order valence-corrected chi connectivity index (χ0v) is 13.7. The van der Waals surface area contributed by atoms with Gasteiger partial charge in [0, 0.05) is 19.9 Å². The Hall–Kier alpha value is -1.03. The van der Waals surface area contributed by atoms with E-state index in [1.54, 1.807) is 6.07 Å². The minimum atomic E-state index is 0.0339. The molecule has 0 N–H and O–H groups in total. The first-order valence-corrected chi connectivity index (χ1v) is 7.69. The van der Waals surface area contributed by atoms with Gasteiger partial charge in [0.1, 0.15) is 0 Å². The van der Waals surface area contributed by atoms with Crippen LogP contribution in [0.1, 0.15) is 18.5 Å². The van der Waals surface area contributed by atoms with Crippen molar-refractivity contribution >= 4 is 50.0 Å². The van der Waals surface area contributed by atoms with E-state index in [0.717, 1.165) is 20.9 Å². The van der Waals surface area contributed by atoms with Crippen molar-refractivity contribution in [3.8, 4) is 0 Å². The van der Waals surface area contributed by atoms with Crippen LogP contribution in [0.25, 0.3) is 10.9 Å². The second kappa shape index (κ2) is 5.40. The van der Waals surface area contributed by atoms with Crippen LogP contribution in [0.15, 0.2) is 47.1 Å². The lowest BCUT2D eigenvalue weighted by molar-refractivity contribution is 0.584. The zero-order valence-electron chi connectivity index (χ0n) is 10.6. The Labute approximate surface area is 135 Å². The van der Waals surface area contributed by atoms with Gasteiger partial charge in [-0.3, -0.25) is 4.68 Å². The molecular formula is C15H11BrCl2N2. The van der Waals surface area contributed by atoms with Crippen molar-refractivity contribution in [1.82, 2.24) is 9.78 Å². The third-order valence-electron chi connectivity index (χ3n) is 3.34. The molecule has 0 fully saturated rings. The van der Waals surface area contributed by atoms with Gasteiger partial charge < -0.3 is 0 Å². The molecule has 1 unspecified atom stereocenters. The topological polar surface area (TPSA) is 17.8 Å². The zero-order chi connectivity index (χ0) is 14.3. The molecule has 0 saturated heterocycles. The Bertz CT molecular complexity index is 783. The number of rotatable bonds is 2. The molecule has 1 heterocycles. The van der Waals surface area contributed by atoms with Crippen LogP contribution in [0.5, 0.6) is 0 Å². The Balaban J connectivity index is 2.12. The van der Waals surface area contributed by atoms with E-state index in [9.17, 15) is 0 Å². The molecule has 0 radical (unpaired) electrons. The number of aromatic nitrogens is 2. The number of benzene rings is 2. The van der Waals surface area contributed by atoms with E-state index in [2.05, 4.69) is 34.0 Å². The van der Waals surface area contributed by atoms with E-state index in [1.165, 1.54) is 0 Å². The first-order valence-electron chi connectivity index (χ1n) is 6.14. The van der Waals surface area contributed by atoms with Gasteiger partial charge in [0.25, 0.3) is 0 Å². The number of halogens is 3. The van der Waals surface area contributed by atoms with Crippen LogP contribution in [-0.4, -0.2) is 9.78 Å². The minimum absolute atomic E-state index is 0.0339. The van der Waals surface area contributed by atoms with E-state index in [-0.39, 0.29) is 6.04 Å². The molecule has 0 saturated carbocycles.